The minimum atomic E-state index is -1.23. The van der Waals surface area contributed by atoms with Crippen LogP contribution in [0.4, 0.5) is 10.2 Å². The van der Waals surface area contributed by atoms with Crippen LogP contribution in [0.2, 0.25) is 0 Å². The number of benzene rings is 1. The molecule has 1 aromatic carbocycles. The van der Waals surface area contributed by atoms with Gasteiger partial charge in [-0.05, 0) is 56.5 Å². The normalized spacial score (nSPS) is 17.0. The van der Waals surface area contributed by atoms with Crippen LogP contribution in [0.25, 0.3) is 28.0 Å². The van der Waals surface area contributed by atoms with Crippen LogP contribution in [0.5, 0.6) is 0 Å². The second kappa shape index (κ2) is 11.4. The summed E-state index contributed by atoms with van der Waals surface area (Å²) in [5.74, 6) is -2.03. The molecule has 0 bridgehead atoms. The molecule has 1 fully saturated rings. The second-order valence-electron chi connectivity index (χ2n) is 11.2. The molecule has 11 heteroatoms. The summed E-state index contributed by atoms with van der Waals surface area (Å²) < 4.78 is 17.4. The van der Waals surface area contributed by atoms with Crippen LogP contribution in [-0.2, 0) is 4.79 Å². The number of hydrogen-bond acceptors (Lipinski definition) is 7. The Kier molecular flexibility index (Phi) is 7.83. The number of carbonyl (C=O) groups is 2. The standard InChI is InChI=1S/C32H33FN6O4/c1-7-25(40)37-15-20(6)38(16-19(37)5)29-23-14-24(33)27(21-10-8-9-11-22(21)31(41)42)35-30(23)39(32(43)36-29)28-18(4)12-13-34-26(28)17(2)3/h7-14,17,19-20H,1,15-16H2,2-6H3,(H,41,42)/t19-,20+/m1/s1. The van der Waals surface area contributed by atoms with Crippen molar-refractivity contribution in [2.24, 2.45) is 0 Å². The summed E-state index contributed by atoms with van der Waals surface area (Å²) in [6.07, 6.45) is 2.93. The molecular formula is C32H33FN6O4. The van der Waals surface area contributed by atoms with Crippen LogP contribution >= 0.6 is 0 Å². The van der Waals surface area contributed by atoms with Crippen molar-refractivity contribution in [2.45, 2.75) is 52.6 Å². The number of aryl methyl sites for hydroxylation is 1. The van der Waals surface area contributed by atoms with Crippen molar-refractivity contribution in [2.75, 3.05) is 18.0 Å². The Bertz CT molecular complexity index is 1840. The third-order valence-corrected chi connectivity index (χ3v) is 7.85. The van der Waals surface area contributed by atoms with Crippen molar-refractivity contribution in [3.63, 3.8) is 0 Å². The number of halogens is 1. The van der Waals surface area contributed by atoms with Gasteiger partial charge in [-0.15, -0.1) is 0 Å². The monoisotopic (exact) mass is 584 g/mol. The molecule has 1 aliphatic heterocycles. The van der Waals surface area contributed by atoms with E-state index in [1.807, 2.05) is 39.5 Å². The summed E-state index contributed by atoms with van der Waals surface area (Å²) in [5.41, 5.74) is 1.11. The number of pyridine rings is 2. The van der Waals surface area contributed by atoms with E-state index >= 15 is 4.39 Å². The minimum Gasteiger partial charge on any atom is -0.478 e. The van der Waals surface area contributed by atoms with E-state index in [1.165, 1.54) is 28.8 Å². The predicted molar refractivity (Wildman–Crippen MR) is 162 cm³/mol. The molecule has 4 heterocycles. The van der Waals surface area contributed by atoms with Gasteiger partial charge < -0.3 is 14.9 Å². The first-order chi connectivity index (χ1) is 20.4. The topological polar surface area (TPSA) is 122 Å². The molecule has 1 N–H and O–H groups in total. The number of aromatic nitrogens is 4. The van der Waals surface area contributed by atoms with Gasteiger partial charge in [-0.25, -0.2) is 23.5 Å². The highest BCUT2D eigenvalue weighted by Gasteiger charge is 2.34. The number of aromatic carboxylic acids is 1. The Labute approximate surface area is 248 Å². The average Bonchev–Trinajstić information content (AvgIpc) is 2.97. The van der Waals surface area contributed by atoms with Gasteiger partial charge in [0, 0.05) is 36.9 Å². The van der Waals surface area contributed by atoms with E-state index in [1.54, 1.807) is 29.3 Å². The zero-order valence-electron chi connectivity index (χ0n) is 24.7. The molecule has 2 atom stereocenters. The van der Waals surface area contributed by atoms with Gasteiger partial charge in [0.1, 0.15) is 17.3 Å². The highest BCUT2D eigenvalue weighted by atomic mass is 19.1. The van der Waals surface area contributed by atoms with Crippen LogP contribution in [0.1, 0.15) is 55.2 Å². The SMILES string of the molecule is C=CC(=O)N1C[C@H](C)N(c2nc(=O)n(-c3c(C)ccnc3C(C)C)c3nc(-c4ccccc4C(=O)O)c(F)cc23)C[C@H]1C. The third kappa shape index (κ3) is 5.15. The maximum Gasteiger partial charge on any atom is 0.355 e. The van der Waals surface area contributed by atoms with Crippen LogP contribution < -0.4 is 10.6 Å². The van der Waals surface area contributed by atoms with Gasteiger partial charge in [0.2, 0.25) is 5.91 Å². The van der Waals surface area contributed by atoms with E-state index < -0.39 is 17.5 Å². The number of carboxylic acid groups (broad SMARTS) is 1. The highest BCUT2D eigenvalue weighted by molar-refractivity contribution is 5.97. The molecule has 43 heavy (non-hydrogen) atoms. The Hall–Kier alpha value is -4.93. The number of carboxylic acids is 1. The number of hydrogen-bond donors (Lipinski definition) is 1. The number of rotatable bonds is 6. The molecular weight excluding hydrogens is 551 g/mol. The van der Waals surface area contributed by atoms with E-state index in [0.29, 0.717) is 24.5 Å². The first-order valence-electron chi connectivity index (χ1n) is 14.1. The lowest BCUT2D eigenvalue weighted by Crippen LogP contribution is -2.58. The van der Waals surface area contributed by atoms with E-state index in [2.05, 4.69) is 21.5 Å². The highest BCUT2D eigenvalue weighted by Crippen LogP contribution is 2.34. The molecule has 1 aliphatic rings. The summed E-state index contributed by atoms with van der Waals surface area (Å²) in [5, 5.41) is 10.1. The summed E-state index contributed by atoms with van der Waals surface area (Å²) in [6.45, 7) is 13.8. The fourth-order valence-corrected chi connectivity index (χ4v) is 5.72. The van der Waals surface area contributed by atoms with Crippen molar-refractivity contribution < 1.29 is 19.1 Å². The Morgan fingerprint density at radius 2 is 1.84 bits per heavy atom. The van der Waals surface area contributed by atoms with Gasteiger partial charge >= 0.3 is 11.7 Å². The molecule has 1 saturated heterocycles. The molecule has 4 aromatic rings. The summed E-state index contributed by atoms with van der Waals surface area (Å²) >= 11 is 0. The minimum absolute atomic E-state index is 0.0690. The molecule has 0 saturated carbocycles. The van der Waals surface area contributed by atoms with E-state index in [9.17, 15) is 19.5 Å². The van der Waals surface area contributed by atoms with Crippen LogP contribution in [0.15, 0.2) is 60.0 Å². The Balaban J connectivity index is 1.85. The lowest BCUT2D eigenvalue weighted by atomic mass is 10.0. The zero-order valence-corrected chi connectivity index (χ0v) is 24.7. The van der Waals surface area contributed by atoms with Crippen molar-refractivity contribution in [3.05, 3.63) is 88.4 Å². The quantitative estimate of drug-likeness (QED) is 0.323. The van der Waals surface area contributed by atoms with Gasteiger partial charge in [-0.3, -0.25) is 9.78 Å². The fourth-order valence-electron chi connectivity index (χ4n) is 5.72. The number of amides is 1. The molecule has 222 valence electrons. The van der Waals surface area contributed by atoms with E-state index in [0.717, 1.165) is 5.56 Å². The number of carbonyl (C=O) groups excluding carboxylic acids is 1. The number of nitrogens with zero attached hydrogens (tertiary/aromatic N) is 6. The lowest BCUT2D eigenvalue weighted by molar-refractivity contribution is -0.128. The lowest BCUT2D eigenvalue weighted by Gasteiger charge is -2.44. The zero-order chi connectivity index (χ0) is 31.2. The molecule has 0 aliphatic carbocycles. The largest absolute Gasteiger partial charge is 0.478 e. The van der Waals surface area contributed by atoms with Gasteiger partial charge in [0.05, 0.1) is 22.3 Å². The van der Waals surface area contributed by atoms with Crippen LogP contribution in [0, 0.1) is 12.7 Å². The number of anilines is 1. The third-order valence-electron chi connectivity index (χ3n) is 7.85. The van der Waals surface area contributed by atoms with E-state index in [-0.39, 0.29) is 57.6 Å². The van der Waals surface area contributed by atoms with Crippen LogP contribution in [-0.4, -0.2) is 66.6 Å². The smallest absolute Gasteiger partial charge is 0.355 e. The Morgan fingerprint density at radius 1 is 1.12 bits per heavy atom. The molecule has 3 aromatic heterocycles. The maximum atomic E-state index is 16.0. The van der Waals surface area contributed by atoms with Crippen molar-refractivity contribution in [1.29, 1.82) is 0 Å². The molecule has 5 rings (SSSR count). The number of piperazine rings is 1. The van der Waals surface area contributed by atoms with E-state index in [4.69, 9.17) is 0 Å². The van der Waals surface area contributed by atoms with Crippen LogP contribution in [0.3, 0.4) is 0 Å². The number of fused-ring (bicyclic) bond motifs is 1. The Morgan fingerprint density at radius 3 is 2.51 bits per heavy atom. The summed E-state index contributed by atoms with van der Waals surface area (Å²) in [7, 11) is 0. The molecule has 1 amide bonds. The predicted octanol–water partition coefficient (Wildman–Crippen LogP) is 4.72. The average molecular weight is 585 g/mol. The van der Waals surface area contributed by atoms with Crippen molar-refractivity contribution in [1.82, 2.24) is 24.4 Å². The van der Waals surface area contributed by atoms with Gasteiger partial charge in [-0.2, -0.15) is 4.98 Å². The summed E-state index contributed by atoms with van der Waals surface area (Å²) in [6, 6.07) is 8.54. The van der Waals surface area contributed by atoms with Crippen molar-refractivity contribution in [3.8, 4) is 16.9 Å². The second-order valence-corrected chi connectivity index (χ2v) is 11.2. The molecule has 0 spiro atoms. The first kappa shape index (κ1) is 29.6. The molecule has 0 unspecified atom stereocenters. The first-order valence-corrected chi connectivity index (χ1v) is 14.1. The van der Waals surface area contributed by atoms with Gasteiger partial charge in [0.25, 0.3) is 0 Å². The maximum absolute atomic E-state index is 16.0. The molecule has 10 nitrogen and oxygen atoms in total. The van der Waals surface area contributed by atoms with Gasteiger partial charge in [-0.1, -0.05) is 38.6 Å². The fraction of sp³-hybridized carbons (Fsp3) is 0.312. The van der Waals surface area contributed by atoms with Gasteiger partial charge in [0.15, 0.2) is 5.65 Å². The summed E-state index contributed by atoms with van der Waals surface area (Å²) in [4.78, 5) is 55.8. The molecule has 0 radical (unpaired) electrons. The van der Waals surface area contributed by atoms with Crippen molar-refractivity contribution >= 4 is 28.7 Å².